The lowest BCUT2D eigenvalue weighted by molar-refractivity contribution is -0.135. The van der Waals surface area contributed by atoms with Gasteiger partial charge in [0.15, 0.2) is 0 Å². The highest BCUT2D eigenvalue weighted by Crippen LogP contribution is 2.18. The lowest BCUT2D eigenvalue weighted by atomic mass is 10.2. The molecule has 0 saturated heterocycles. The zero-order valence-corrected chi connectivity index (χ0v) is 10.7. The summed E-state index contributed by atoms with van der Waals surface area (Å²) in [6.07, 6.45) is 1.27. The number of thioether (sulfide) groups is 2. The molecule has 0 spiro atoms. The van der Waals surface area contributed by atoms with Crippen molar-refractivity contribution < 1.29 is 30.0 Å². The maximum Gasteiger partial charge on any atom is 0.313 e. The predicted octanol–water partition coefficient (Wildman–Crippen LogP) is 0.429. The second kappa shape index (κ2) is 9.58. The van der Waals surface area contributed by atoms with Crippen LogP contribution in [-0.4, -0.2) is 54.7 Å². The van der Waals surface area contributed by atoms with Gasteiger partial charge in [0.1, 0.15) is 0 Å². The Labute approximate surface area is 107 Å². The summed E-state index contributed by atoms with van der Waals surface area (Å²) in [6.45, 7) is 0. The molecule has 0 bridgehead atoms. The van der Waals surface area contributed by atoms with Crippen LogP contribution in [0.4, 0.5) is 0 Å². The molecule has 4 N–H and O–H groups in total. The minimum Gasteiger partial charge on any atom is -0.481 e. The van der Waals surface area contributed by atoms with E-state index in [-0.39, 0.29) is 11.5 Å². The summed E-state index contributed by atoms with van der Waals surface area (Å²) >= 11 is 1.86. The van der Waals surface area contributed by atoms with E-state index in [0.29, 0.717) is 19.3 Å². The summed E-state index contributed by atoms with van der Waals surface area (Å²) in [5.41, 5.74) is -1.52. The smallest absolute Gasteiger partial charge is 0.313 e. The van der Waals surface area contributed by atoms with Crippen molar-refractivity contribution in [2.45, 2.75) is 30.1 Å². The highest BCUT2D eigenvalue weighted by Gasteiger charge is 2.11. The van der Waals surface area contributed by atoms with Gasteiger partial charge >= 0.3 is 11.9 Å². The lowest BCUT2D eigenvalue weighted by Crippen LogP contribution is -2.10. The molecule has 0 aromatic heterocycles. The van der Waals surface area contributed by atoms with Crippen LogP contribution in [0.3, 0.4) is 0 Å². The van der Waals surface area contributed by atoms with Crippen molar-refractivity contribution in [2.24, 2.45) is 0 Å². The summed E-state index contributed by atoms with van der Waals surface area (Å²) < 4.78 is 0. The third-order valence-electron chi connectivity index (χ3n) is 1.70. The van der Waals surface area contributed by atoms with Crippen LogP contribution in [0, 0.1) is 0 Å². The first-order valence-corrected chi connectivity index (χ1v) is 7.04. The third-order valence-corrected chi connectivity index (χ3v) is 3.77. The second-order valence-electron chi connectivity index (χ2n) is 3.25. The molecule has 0 aromatic carbocycles. The molecule has 2 unspecified atom stereocenters. The minimum absolute atomic E-state index is 0.155. The zero-order valence-electron chi connectivity index (χ0n) is 9.11. The third kappa shape index (κ3) is 11.8. The maximum absolute atomic E-state index is 10.2. The average Bonchev–Trinajstić information content (AvgIpc) is 2.23. The zero-order chi connectivity index (χ0) is 13.3. The van der Waals surface area contributed by atoms with E-state index in [1.54, 1.807) is 0 Å². The molecule has 0 radical (unpaired) electrons. The van der Waals surface area contributed by atoms with Gasteiger partial charge < -0.3 is 20.4 Å². The van der Waals surface area contributed by atoms with Crippen LogP contribution in [0.2, 0.25) is 0 Å². The number of hydrogen-bond donors (Lipinski definition) is 4. The molecular weight excluding hydrogens is 268 g/mol. The normalized spacial score (nSPS) is 14.2. The molecule has 0 aliphatic carbocycles. The van der Waals surface area contributed by atoms with Gasteiger partial charge in [-0.3, -0.25) is 9.59 Å². The number of aliphatic hydroxyl groups excluding tert-OH is 2. The Morgan fingerprint density at radius 1 is 0.882 bits per heavy atom. The first-order valence-electron chi connectivity index (χ1n) is 4.94. The molecule has 0 heterocycles. The molecule has 0 aliphatic rings. The lowest BCUT2D eigenvalue weighted by Gasteiger charge is -2.11. The summed E-state index contributed by atoms with van der Waals surface area (Å²) in [5, 5.41) is 35.4. The summed E-state index contributed by atoms with van der Waals surface area (Å²) in [7, 11) is 0. The SMILES string of the molecule is O=C(O)CSC(O)CCCC(O)SCC(=O)O. The number of aliphatic carboxylic acids is 2. The molecule has 0 aliphatic heterocycles. The van der Waals surface area contributed by atoms with Crippen molar-refractivity contribution in [1.29, 1.82) is 0 Å². The summed E-state index contributed by atoms with van der Waals surface area (Å²) in [4.78, 5) is 20.4. The first-order chi connectivity index (χ1) is 7.91. The molecular formula is C9H16O6S2. The van der Waals surface area contributed by atoms with Crippen LogP contribution < -0.4 is 0 Å². The Morgan fingerprint density at radius 2 is 1.24 bits per heavy atom. The largest absolute Gasteiger partial charge is 0.481 e. The standard InChI is InChI=1S/C9H16O6S2/c10-6(11)4-16-8(14)2-1-3-9(15)17-5-7(12)13/h8-9,14-15H,1-5H2,(H,10,11)(H,12,13). The van der Waals surface area contributed by atoms with Gasteiger partial charge in [0.25, 0.3) is 0 Å². The van der Waals surface area contributed by atoms with Gasteiger partial charge in [0, 0.05) is 0 Å². The van der Waals surface area contributed by atoms with E-state index in [4.69, 9.17) is 10.2 Å². The summed E-state index contributed by atoms with van der Waals surface area (Å²) in [6, 6.07) is 0. The number of carbonyl (C=O) groups is 2. The number of rotatable bonds is 10. The fraction of sp³-hybridized carbons (Fsp3) is 0.778. The van der Waals surface area contributed by atoms with E-state index in [1.807, 2.05) is 0 Å². The van der Waals surface area contributed by atoms with Gasteiger partial charge in [-0.15, -0.1) is 23.5 Å². The van der Waals surface area contributed by atoms with Crippen LogP contribution in [0.15, 0.2) is 0 Å². The fourth-order valence-electron chi connectivity index (χ4n) is 0.969. The average molecular weight is 284 g/mol. The molecule has 17 heavy (non-hydrogen) atoms. The van der Waals surface area contributed by atoms with Gasteiger partial charge in [-0.05, 0) is 19.3 Å². The van der Waals surface area contributed by atoms with Gasteiger partial charge in [-0.2, -0.15) is 0 Å². The van der Waals surface area contributed by atoms with Crippen molar-refractivity contribution >= 4 is 35.5 Å². The molecule has 0 rings (SSSR count). The fourth-order valence-corrected chi connectivity index (χ4v) is 2.31. The Morgan fingerprint density at radius 3 is 1.53 bits per heavy atom. The monoisotopic (exact) mass is 284 g/mol. The minimum atomic E-state index is -0.980. The Hall–Kier alpha value is -0.440. The Balaban J connectivity index is 3.48. The van der Waals surface area contributed by atoms with Crippen LogP contribution in [-0.2, 0) is 9.59 Å². The maximum atomic E-state index is 10.2. The van der Waals surface area contributed by atoms with E-state index in [2.05, 4.69) is 0 Å². The highest BCUT2D eigenvalue weighted by molar-refractivity contribution is 8.00. The Bertz CT molecular complexity index is 224. The van der Waals surface area contributed by atoms with Crippen molar-refractivity contribution in [3.8, 4) is 0 Å². The van der Waals surface area contributed by atoms with Crippen LogP contribution in [0.5, 0.6) is 0 Å². The van der Waals surface area contributed by atoms with E-state index in [0.717, 1.165) is 23.5 Å². The highest BCUT2D eigenvalue weighted by atomic mass is 32.2. The van der Waals surface area contributed by atoms with Crippen molar-refractivity contribution in [3.05, 3.63) is 0 Å². The van der Waals surface area contributed by atoms with Crippen LogP contribution in [0.25, 0.3) is 0 Å². The van der Waals surface area contributed by atoms with E-state index in [9.17, 15) is 19.8 Å². The van der Waals surface area contributed by atoms with Crippen LogP contribution in [0.1, 0.15) is 19.3 Å². The van der Waals surface area contributed by atoms with Gasteiger partial charge in [-0.1, -0.05) is 0 Å². The molecule has 0 saturated carbocycles. The van der Waals surface area contributed by atoms with Crippen molar-refractivity contribution in [1.82, 2.24) is 0 Å². The molecule has 100 valence electrons. The predicted molar refractivity (Wildman–Crippen MR) is 66.1 cm³/mol. The topological polar surface area (TPSA) is 115 Å². The van der Waals surface area contributed by atoms with E-state index < -0.39 is 22.8 Å². The molecule has 0 amide bonds. The van der Waals surface area contributed by atoms with E-state index >= 15 is 0 Å². The second-order valence-corrected chi connectivity index (χ2v) is 5.58. The van der Waals surface area contributed by atoms with Gasteiger partial charge in [0.2, 0.25) is 0 Å². The van der Waals surface area contributed by atoms with Crippen molar-refractivity contribution in [3.63, 3.8) is 0 Å². The Kier molecular flexibility index (Phi) is 9.33. The number of carboxylic acids is 2. The molecule has 2 atom stereocenters. The molecule has 8 heteroatoms. The molecule has 0 fully saturated rings. The molecule has 6 nitrogen and oxygen atoms in total. The number of carboxylic acid groups (broad SMARTS) is 2. The quantitative estimate of drug-likeness (QED) is 0.427. The van der Waals surface area contributed by atoms with Crippen molar-refractivity contribution in [2.75, 3.05) is 11.5 Å². The first kappa shape index (κ1) is 16.6. The molecule has 0 aromatic rings. The number of hydrogen-bond acceptors (Lipinski definition) is 6. The number of aliphatic hydroxyl groups is 2. The van der Waals surface area contributed by atoms with Gasteiger partial charge in [0.05, 0.1) is 22.4 Å². The summed E-state index contributed by atoms with van der Waals surface area (Å²) in [5.74, 6) is -2.27. The van der Waals surface area contributed by atoms with Crippen LogP contribution >= 0.6 is 23.5 Å². The van der Waals surface area contributed by atoms with Gasteiger partial charge in [-0.25, -0.2) is 0 Å². The van der Waals surface area contributed by atoms with E-state index in [1.165, 1.54) is 0 Å².